The van der Waals surface area contributed by atoms with Crippen molar-refractivity contribution in [3.63, 3.8) is 0 Å². The Kier molecular flexibility index (Phi) is 10.1. The number of anilines is 4. The fourth-order valence-corrected chi connectivity index (χ4v) is 7.16. The lowest BCUT2D eigenvalue weighted by atomic mass is 9.90. The van der Waals surface area contributed by atoms with Gasteiger partial charge in [-0.25, -0.2) is 4.99 Å². The summed E-state index contributed by atoms with van der Waals surface area (Å²) in [5.41, 5.74) is 5.76. The summed E-state index contributed by atoms with van der Waals surface area (Å²) in [7, 11) is -13.3. The Morgan fingerprint density at radius 3 is 1.31 bits per heavy atom. The molecule has 0 atom stereocenters. The van der Waals surface area contributed by atoms with Crippen molar-refractivity contribution in [1.82, 2.24) is 0 Å². The molecule has 0 saturated carbocycles. The van der Waals surface area contributed by atoms with Crippen molar-refractivity contribution in [3.8, 4) is 0 Å². The molecule has 0 heterocycles. The molecular weight excluding hydrogens is 727 g/mol. The van der Waals surface area contributed by atoms with Crippen molar-refractivity contribution < 1.29 is 38.9 Å². The average Bonchev–Trinajstić information content (AvgIpc) is 3.10. The van der Waals surface area contributed by atoms with Gasteiger partial charge in [-0.15, -0.1) is 0 Å². The number of nitrogens with zero attached hydrogens (tertiary/aromatic N) is 1. The zero-order valence-corrected chi connectivity index (χ0v) is 29.3. The number of benzene rings is 5. The highest BCUT2D eigenvalue weighted by atomic mass is 32.2. The van der Waals surface area contributed by atoms with Gasteiger partial charge in [0.1, 0.15) is 9.79 Å². The molecule has 0 bridgehead atoms. The van der Waals surface area contributed by atoms with Crippen LogP contribution in [0.1, 0.15) is 11.1 Å². The van der Waals surface area contributed by atoms with Crippen molar-refractivity contribution in [2.75, 3.05) is 10.6 Å². The molecule has 0 unspecified atom stereocenters. The van der Waals surface area contributed by atoms with Gasteiger partial charge in [0, 0.05) is 11.4 Å². The molecule has 5 aromatic carbocycles. The summed E-state index contributed by atoms with van der Waals surface area (Å²) in [6.45, 7) is 0. The molecule has 5 N–H and O–H groups in total. The third kappa shape index (κ3) is 8.60. The minimum absolute atomic E-state index is 0.201. The van der Waals surface area contributed by atoms with Gasteiger partial charge in [0.2, 0.25) is 0 Å². The summed E-state index contributed by atoms with van der Waals surface area (Å²) in [5.74, 6) is 0. The van der Waals surface area contributed by atoms with Gasteiger partial charge in [-0.1, -0.05) is 60.7 Å². The molecule has 0 radical (unpaired) electrons. The summed E-state index contributed by atoms with van der Waals surface area (Å²) in [6, 6.07) is 31.8. The van der Waals surface area contributed by atoms with E-state index in [4.69, 9.17) is 0 Å². The normalized spacial score (nSPS) is 13.1. The Morgan fingerprint density at radius 2 is 0.904 bits per heavy atom. The molecule has 0 aromatic heterocycles. The van der Waals surface area contributed by atoms with E-state index in [0.29, 0.717) is 22.8 Å². The summed E-state index contributed by atoms with van der Waals surface area (Å²) in [6.07, 6.45) is 7.31. The Balaban J connectivity index is 1.34. The molecule has 5 aromatic rings. The predicted molar refractivity (Wildman–Crippen MR) is 200 cm³/mol. The molecule has 1 aliphatic carbocycles. The van der Waals surface area contributed by atoms with Gasteiger partial charge in [0.15, 0.2) is 0 Å². The number of rotatable bonds is 10. The van der Waals surface area contributed by atoms with Gasteiger partial charge in [0.25, 0.3) is 30.4 Å². The zero-order valence-electron chi connectivity index (χ0n) is 26.8. The van der Waals surface area contributed by atoms with Crippen molar-refractivity contribution in [1.29, 1.82) is 0 Å². The number of hydrogen-bond donors (Lipinski definition) is 5. The van der Waals surface area contributed by atoms with E-state index in [2.05, 4.69) is 15.6 Å². The van der Waals surface area contributed by atoms with Crippen molar-refractivity contribution in [2.24, 2.45) is 4.99 Å². The van der Waals surface area contributed by atoms with Crippen LogP contribution in [0.3, 0.4) is 0 Å². The zero-order chi connectivity index (χ0) is 37.1. The maximum absolute atomic E-state index is 11.9. The summed E-state index contributed by atoms with van der Waals surface area (Å²) < 4.78 is 98.9. The average molecular weight is 756 g/mol. The Labute approximate surface area is 300 Å². The third-order valence-corrected chi connectivity index (χ3v) is 10.5. The molecule has 0 fully saturated rings. The van der Waals surface area contributed by atoms with Crippen LogP contribution in [-0.4, -0.2) is 44.6 Å². The Hall–Kier alpha value is -5.68. The lowest BCUT2D eigenvalue weighted by Gasteiger charge is -2.16. The first-order valence-electron chi connectivity index (χ1n) is 15.3. The van der Waals surface area contributed by atoms with Gasteiger partial charge >= 0.3 is 0 Å². The maximum Gasteiger partial charge on any atom is 0.296 e. The minimum Gasteiger partial charge on any atom is -0.354 e. The molecule has 6 rings (SSSR count). The van der Waals surface area contributed by atoms with Gasteiger partial charge < -0.3 is 10.6 Å². The van der Waals surface area contributed by atoms with Crippen LogP contribution in [0.4, 0.5) is 28.4 Å². The fourth-order valence-electron chi connectivity index (χ4n) is 5.39. The third-order valence-electron chi connectivity index (χ3n) is 7.78. The van der Waals surface area contributed by atoms with Crippen LogP contribution in [0.5, 0.6) is 0 Å². The molecule has 264 valence electrons. The van der Waals surface area contributed by atoms with E-state index in [1.54, 1.807) is 48.6 Å². The highest BCUT2D eigenvalue weighted by Gasteiger charge is 2.17. The molecule has 0 aliphatic heterocycles. The SMILES string of the molecule is O=S(=O)(O)c1ccc(N=C2C=CC(=C(c3ccc(Nc4ccccc4S(=O)(=O)O)cc3)c3ccc(Nc4ccccc4S(=O)(=O)O)cc3)C=C2)cc1. The Morgan fingerprint density at radius 1 is 0.481 bits per heavy atom. The molecule has 15 heteroatoms. The first-order chi connectivity index (χ1) is 24.6. The second kappa shape index (κ2) is 14.5. The molecular formula is C37H29N3O9S3. The van der Waals surface area contributed by atoms with Crippen LogP contribution in [0.15, 0.2) is 171 Å². The smallest absolute Gasteiger partial charge is 0.296 e. The molecule has 0 saturated heterocycles. The van der Waals surface area contributed by atoms with E-state index >= 15 is 0 Å². The number of nitrogens with one attached hydrogen (secondary N) is 2. The predicted octanol–water partition coefficient (Wildman–Crippen LogP) is 7.61. The van der Waals surface area contributed by atoms with Gasteiger partial charge in [0.05, 0.1) is 27.7 Å². The number of allylic oxidation sites excluding steroid dienone is 5. The van der Waals surface area contributed by atoms with Gasteiger partial charge in [-0.05, 0) is 107 Å². The minimum atomic E-state index is -4.47. The van der Waals surface area contributed by atoms with Gasteiger partial charge in [-0.3, -0.25) is 13.7 Å². The second-order valence-electron chi connectivity index (χ2n) is 11.3. The van der Waals surface area contributed by atoms with Crippen molar-refractivity contribution in [3.05, 3.63) is 162 Å². The van der Waals surface area contributed by atoms with E-state index in [0.717, 1.165) is 22.3 Å². The number of aliphatic imine (C=N–C) groups is 1. The summed E-state index contributed by atoms with van der Waals surface area (Å²) >= 11 is 0. The summed E-state index contributed by atoms with van der Waals surface area (Å²) in [5, 5.41) is 6.07. The first kappa shape index (κ1) is 36.1. The number of para-hydroxylation sites is 2. The highest BCUT2D eigenvalue weighted by Crippen LogP contribution is 2.34. The maximum atomic E-state index is 11.9. The van der Waals surface area contributed by atoms with Crippen LogP contribution in [-0.2, 0) is 30.4 Å². The molecule has 52 heavy (non-hydrogen) atoms. The van der Waals surface area contributed by atoms with E-state index in [-0.39, 0.29) is 26.1 Å². The Bertz CT molecular complexity index is 2470. The van der Waals surface area contributed by atoms with Crippen LogP contribution >= 0.6 is 0 Å². The van der Waals surface area contributed by atoms with Gasteiger partial charge in [-0.2, -0.15) is 25.3 Å². The molecule has 12 nitrogen and oxygen atoms in total. The monoisotopic (exact) mass is 755 g/mol. The standard InChI is InChI=1S/C37H29N3O9S3/c41-50(42,43)32-23-21-29(22-24-32)38-28-15-9-25(10-16-28)37(26-11-17-30(18-12-26)39-33-5-1-3-7-35(33)51(44,45)46)27-13-19-31(20-14-27)40-34-6-2-4-8-36(34)52(47,48)49/h1-24,39-40H,(H,41,42,43)(H,44,45,46)(H,47,48,49). The highest BCUT2D eigenvalue weighted by molar-refractivity contribution is 7.86. The molecule has 1 aliphatic rings. The van der Waals surface area contributed by atoms with E-state index in [1.807, 2.05) is 36.4 Å². The number of hydrogen-bond acceptors (Lipinski definition) is 9. The second-order valence-corrected chi connectivity index (χ2v) is 15.6. The first-order valence-corrected chi connectivity index (χ1v) is 19.6. The quantitative estimate of drug-likeness (QED) is 0.0879. The van der Waals surface area contributed by atoms with Crippen molar-refractivity contribution >= 4 is 70.1 Å². The van der Waals surface area contributed by atoms with E-state index in [1.165, 1.54) is 60.7 Å². The van der Waals surface area contributed by atoms with Crippen molar-refractivity contribution in [2.45, 2.75) is 14.7 Å². The largest absolute Gasteiger partial charge is 0.354 e. The fraction of sp³-hybridized carbons (Fsp3) is 0. The summed E-state index contributed by atoms with van der Waals surface area (Å²) in [4.78, 5) is 3.77. The van der Waals surface area contributed by atoms with Crippen LogP contribution < -0.4 is 10.6 Å². The lowest BCUT2D eigenvalue weighted by Crippen LogP contribution is -2.03. The lowest BCUT2D eigenvalue weighted by molar-refractivity contribution is 0.481. The molecule has 0 amide bonds. The van der Waals surface area contributed by atoms with Crippen LogP contribution in [0.25, 0.3) is 5.57 Å². The van der Waals surface area contributed by atoms with E-state index in [9.17, 15) is 38.9 Å². The van der Waals surface area contributed by atoms with E-state index < -0.39 is 30.4 Å². The van der Waals surface area contributed by atoms with Crippen LogP contribution in [0.2, 0.25) is 0 Å². The van der Waals surface area contributed by atoms with Crippen LogP contribution in [0, 0.1) is 0 Å². The topological polar surface area (TPSA) is 200 Å². The molecule has 0 spiro atoms.